The van der Waals surface area contributed by atoms with Gasteiger partial charge in [-0.1, -0.05) is 6.07 Å². The van der Waals surface area contributed by atoms with E-state index in [1.165, 1.54) is 11.9 Å². The number of amides is 1. The average Bonchev–Trinajstić information content (AvgIpc) is 3.77. The van der Waals surface area contributed by atoms with Gasteiger partial charge in [-0.05, 0) is 37.1 Å². The number of anilines is 2. The van der Waals surface area contributed by atoms with E-state index < -0.39 is 52.2 Å². The molecule has 3 saturated heterocycles. The molecule has 1 amide bonds. The van der Waals surface area contributed by atoms with Crippen LogP contribution in [0, 0.1) is 23.0 Å². The maximum absolute atomic E-state index is 16.9. The zero-order valence-electron chi connectivity index (χ0n) is 24.8. The minimum absolute atomic E-state index is 0.0188. The quantitative estimate of drug-likeness (QED) is 0.256. The number of hydrogen-bond donors (Lipinski definition) is 2. The summed E-state index contributed by atoms with van der Waals surface area (Å²) >= 11 is 0.671. The highest BCUT2D eigenvalue weighted by Gasteiger charge is 2.49. The summed E-state index contributed by atoms with van der Waals surface area (Å²) in [6.07, 6.45) is -4.45. The predicted octanol–water partition coefficient (Wildman–Crippen LogP) is 5.54. The number of aromatic nitrogens is 2. The highest BCUT2D eigenvalue weighted by atomic mass is 32.1. The van der Waals surface area contributed by atoms with Crippen LogP contribution in [0.3, 0.4) is 0 Å². The Bertz CT molecular complexity index is 2000. The largest absolute Gasteiger partial charge is 0.461 e. The molecule has 2 aromatic carbocycles. The number of halogens is 6. The molecule has 9 nitrogen and oxygen atoms in total. The number of nitrogens with one attached hydrogen (secondary N) is 1. The molecule has 246 valence electrons. The number of ether oxygens (including phenoxy) is 1. The molecule has 0 saturated carbocycles. The van der Waals surface area contributed by atoms with Gasteiger partial charge in [-0.2, -0.15) is 28.4 Å². The fourth-order valence-electron chi connectivity index (χ4n) is 7.20. The first-order valence-electron chi connectivity index (χ1n) is 14.8. The molecule has 5 heterocycles. The Hall–Kier alpha value is -4.36. The molecule has 3 aliphatic heterocycles. The lowest BCUT2D eigenvalue weighted by Gasteiger charge is -2.31. The van der Waals surface area contributed by atoms with E-state index in [9.17, 15) is 32.0 Å². The Kier molecular flexibility index (Phi) is 7.39. The van der Waals surface area contributed by atoms with Gasteiger partial charge < -0.3 is 20.7 Å². The van der Waals surface area contributed by atoms with E-state index in [1.807, 2.05) is 4.90 Å². The summed E-state index contributed by atoms with van der Waals surface area (Å²) in [6.45, 7) is 1.07. The van der Waals surface area contributed by atoms with E-state index in [1.54, 1.807) is 6.07 Å². The van der Waals surface area contributed by atoms with Gasteiger partial charge in [0.15, 0.2) is 5.82 Å². The fourth-order valence-corrected chi connectivity index (χ4v) is 8.15. The zero-order chi connectivity index (χ0) is 33.4. The lowest BCUT2D eigenvalue weighted by Crippen LogP contribution is -2.43. The molecule has 0 radical (unpaired) electrons. The third-order valence-corrected chi connectivity index (χ3v) is 10.5. The molecule has 3 aliphatic rings. The van der Waals surface area contributed by atoms with Crippen LogP contribution in [0.4, 0.5) is 37.2 Å². The number of fused-ring (bicyclic) bond motifs is 3. The van der Waals surface area contributed by atoms with E-state index in [-0.39, 0.29) is 81.9 Å². The molecule has 3 atom stereocenters. The van der Waals surface area contributed by atoms with Crippen LogP contribution in [0.2, 0.25) is 0 Å². The predicted molar refractivity (Wildman–Crippen MR) is 163 cm³/mol. The third kappa shape index (κ3) is 5.07. The molecule has 0 aliphatic carbocycles. The minimum Gasteiger partial charge on any atom is -0.461 e. The second-order valence-electron chi connectivity index (χ2n) is 12.2. The standard InChI is InChI=1S/C31H27F6N7O2S/c1-43(15-7-21(45)40-11-15)28-17-8-19(31(35,36)37)23(16-3-4-20(33)26-22(16)18(10-38)27(39)47-26)24(34)25(17)41-29(42-28)46-13-30-5-2-6-44(30)12-14(32)9-30/h3-4,8,14-15H,2,5-7,9,11-13,39H2,1H3,(H,40,45). The fraction of sp³-hybridized carbons (Fsp3) is 0.419. The average molecular weight is 676 g/mol. The number of nitriles is 1. The Morgan fingerprint density at radius 1 is 1.30 bits per heavy atom. The van der Waals surface area contributed by atoms with Gasteiger partial charge in [-0.15, -0.1) is 11.3 Å². The molecule has 4 aromatic rings. The Morgan fingerprint density at radius 2 is 2.09 bits per heavy atom. The highest BCUT2D eigenvalue weighted by molar-refractivity contribution is 7.23. The van der Waals surface area contributed by atoms with Crippen LogP contribution in [-0.2, 0) is 11.0 Å². The zero-order valence-corrected chi connectivity index (χ0v) is 25.7. The van der Waals surface area contributed by atoms with Gasteiger partial charge >= 0.3 is 12.2 Å². The van der Waals surface area contributed by atoms with Crippen molar-refractivity contribution in [3.8, 4) is 23.2 Å². The maximum atomic E-state index is 16.9. The summed E-state index contributed by atoms with van der Waals surface area (Å²) in [6, 6.07) is 3.52. The van der Waals surface area contributed by atoms with Gasteiger partial charge in [0.1, 0.15) is 41.0 Å². The molecule has 47 heavy (non-hydrogen) atoms. The van der Waals surface area contributed by atoms with Gasteiger partial charge in [-0.3, -0.25) is 9.69 Å². The van der Waals surface area contributed by atoms with Crippen molar-refractivity contribution in [2.75, 3.05) is 43.9 Å². The van der Waals surface area contributed by atoms with E-state index in [0.717, 1.165) is 18.6 Å². The molecule has 7 rings (SSSR count). The number of nitrogens with two attached hydrogens (primary N) is 1. The molecular formula is C31H27F6N7O2S. The van der Waals surface area contributed by atoms with Crippen molar-refractivity contribution < 1.29 is 35.9 Å². The summed E-state index contributed by atoms with van der Waals surface area (Å²) < 4.78 is 96.4. The second kappa shape index (κ2) is 11.1. The van der Waals surface area contributed by atoms with Gasteiger partial charge in [0, 0.05) is 49.3 Å². The highest BCUT2D eigenvalue weighted by Crippen LogP contribution is 2.48. The number of nitrogens with zero attached hydrogens (tertiary/aromatic N) is 5. The van der Waals surface area contributed by atoms with E-state index in [4.69, 9.17) is 10.5 Å². The van der Waals surface area contributed by atoms with Crippen LogP contribution < -0.4 is 20.7 Å². The molecule has 0 bridgehead atoms. The first-order chi connectivity index (χ1) is 22.3. The summed E-state index contributed by atoms with van der Waals surface area (Å²) in [4.78, 5) is 24.2. The number of benzene rings is 2. The number of thiophene rings is 1. The molecular weight excluding hydrogens is 648 g/mol. The van der Waals surface area contributed by atoms with Crippen LogP contribution in [-0.4, -0.2) is 71.8 Å². The number of rotatable bonds is 6. The Balaban J connectivity index is 1.46. The third-order valence-electron chi connectivity index (χ3n) is 9.46. The number of carbonyl (C=O) groups is 1. The monoisotopic (exact) mass is 675 g/mol. The Morgan fingerprint density at radius 3 is 2.79 bits per heavy atom. The van der Waals surface area contributed by atoms with Crippen molar-refractivity contribution >= 4 is 49.1 Å². The normalized spacial score (nSPS) is 23.0. The lowest BCUT2D eigenvalue weighted by atomic mass is 9.92. The van der Waals surface area contributed by atoms with Crippen molar-refractivity contribution in [3.05, 3.63) is 41.0 Å². The van der Waals surface area contributed by atoms with E-state index in [2.05, 4.69) is 15.3 Å². The van der Waals surface area contributed by atoms with Gasteiger partial charge in [0.2, 0.25) is 5.91 Å². The van der Waals surface area contributed by atoms with Crippen molar-refractivity contribution in [1.82, 2.24) is 20.2 Å². The van der Waals surface area contributed by atoms with Gasteiger partial charge in [0.25, 0.3) is 0 Å². The molecule has 0 spiro atoms. The molecule has 3 N–H and O–H groups in total. The SMILES string of the molecule is CN(c1nc(OCC23CCCN2CC(F)C3)nc2c(F)c(-c3ccc(F)c4sc(N)c(C#N)c34)c(C(F)(F)F)cc12)C1CNC(=O)C1. The Labute approximate surface area is 267 Å². The van der Waals surface area contributed by atoms with Crippen molar-refractivity contribution in [1.29, 1.82) is 5.26 Å². The van der Waals surface area contributed by atoms with Crippen LogP contribution >= 0.6 is 11.3 Å². The van der Waals surface area contributed by atoms with Crippen LogP contribution in [0.1, 0.15) is 36.8 Å². The topological polar surface area (TPSA) is 120 Å². The minimum atomic E-state index is -5.12. The smallest absolute Gasteiger partial charge is 0.417 e. The number of likely N-dealkylation sites (N-methyl/N-ethyl adjacent to an activating group) is 1. The van der Waals surface area contributed by atoms with Crippen LogP contribution in [0.25, 0.3) is 32.1 Å². The number of hydrogen-bond acceptors (Lipinski definition) is 9. The number of alkyl halides is 4. The number of carbonyl (C=O) groups excluding carboxylic acids is 1. The summed E-state index contributed by atoms with van der Waals surface area (Å²) in [5.74, 6) is -2.61. The van der Waals surface area contributed by atoms with Gasteiger partial charge in [-0.25, -0.2) is 13.2 Å². The summed E-state index contributed by atoms with van der Waals surface area (Å²) in [5.41, 5.74) is 1.76. The summed E-state index contributed by atoms with van der Waals surface area (Å²) in [7, 11) is 1.52. The lowest BCUT2D eigenvalue weighted by molar-refractivity contribution is -0.137. The van der Waals surface area contributed by atoms with E-state index in [0.29, 0.717) is 30.4 Å². The first-order valence-corrected chi connectivity index (χ1v) is 15.7. The summed E-state index contributed by atoms with van der Waals surface area (Å²) in [5, 5.41) is 11.7. The molecule has 3 fully saturated rings. The number of nitrogen functional groups attached to an aromatic ring is 1. The maximum Gasteiger partial charge on any atom is 0.417 e. The molecule has 16 heteroatoms. The molecule has 2 aromatic heterocycles. The van der Waals surface area contributed by atoms with Crippen LogP contribution in [0.15, 0.2) is 18.2 Å². The first kappa shape index (κ1) is 31.3. The van der Waals surface area contributed by atoms with Gasteiger partial charge in [0.05, 0.1) is 27.4 Å². The van der Waals surface area contributed by atoms with Crippen molar-refractivity contribution in [2.24, 2.45) is 0 Å². The van der Waals surface area contributed by atoms with Crippen molar-refractivity contribution in [3.63, 3.8) is 0 Å². The van der Waals surface area contributed by atoms with E-state index >= 15 is 4.39 Å². The van der Waals surface area contributed by atoms with Crippen LogP contribution in [0.5, 0.6) is 6.01 Å². The van der Waals surface area contributed by atoms with Crippen molar-refractivity contribution in [2.45, 2.75) is 49.6 Å². The second-order valence-corrected chi connectivity index (χ2v) is 13.3. The molecule has 3 unspecified atom stereocenters.